The summed E-state index contributed by atoms with van der Waals surface area (Å²) in [6, 6.07) is 8.63. The third-order valence-corrected chi connectivity index (χ3v) is 4.30. The summed E-state index contributed by atoms with van der Waals surface area (Å²) in [5.41, 5.74) is 7.16. The standard InChI is InChI=1S/C19H20N6O3.C2H6/c1-3-24(11-13-12(10-20)6-5-7-14(13)26)15-8-9-25-18(22-15)16(17(21)23-25)19(27)28-4-2;1-2/h5-9,26H,3-4,11H2,1-2H3,(H2,21,23);1-2H3. The summed E-state index contributed by atoms with van der Waals surface area (Å²) in [7, 11) is 0. The number of carbonyl (C=O) groups is 1. The van der Waals surface area contributed by atoms with E-state index in [-0.39, 0.29) is 35.9 Å². The number of ether oxygens (including phenoxy) is 1. The Labute approximate surface area is 175 Å². The fourth-order valence-corrected chi connectivity index (χ4v) is 2.90. The van der Waals surface area contributed by atoms with Gasteiger partial charge < -0.3 is 20.5 Å². The molecule has 0 amide bonds. The fourth-order valence-electron chi connectivity index (χ4n) is 2.90. The topological polar surface area (TPSA) is 130 Å². The number of phenolic OH excluding ortho intramolecular Hbond substituents is 1. The second kappa shape index (κ2) is 10.1. The summed E-state index contributed by atoms with van der Waals surface area (Å²) in [4.78, 5) is 18.6. The largest absolute Gasteiger partial charge is 0.508 e. The molecule has 0 bridgehead atoms. The average molecular weight is 410 g/mol. The van der Waals surface area contributed by atoms with Crippen LogP contribution in [0.25, 0.3) is 5.65 Å². The number of rotatable bonds is 6. The van der Waals surface area contributed by atoms with E-state index < -0.39 is 5.97 Å². The van der Waals surface area contributed by atoms with Crippen molar-refractivity contribution >= 4 is 23.3 Å². The predicted molar refractivity (Wildman–Crippen MR) is 114 cm³/mol. The van der Waals surface area contributed by atoms with Gasteiger partial charge in [0, 0.05) is 24.8 Å². The van der Waals surface area contributed by atoms with Crippen LogP contribution in [0.15, 0.2) is 30.5 Å². The highest BCUT2D eigenvalue weighted by Gasteiger charge is 2.22. The van der Waals surface area contributed by atoms with Crippen LogP contribution >= 0.6 is 0 Å². The maximum atomic E-state index is 12.2. The highest BCUT2D eigenvalue weighted by Crippen LogP contribution is 2.26. The molecule has 158 valence electrons. The van der Waals surface area contributed by atoms with E-state index in [0.29, 0.717) is 23.5 Å². The van der Waals surface area contributed by atoms with Crippen molar-refractivity contribution < 1.29 is 14.6 Å². The van der Waals surface area contributed by atoms with Crippen LogP contribution in [0.4, 0.5) is 11.6 Å². The molecule has 0 radical (unpaired) electrons. The molecule has 9 nitrogen and oxygen atoms in total. The monoisotopic (exact) mass is 410 g/mol. The molecule has 30 heavy (non-hydrogen) atoms. The Morgan fingerprint density at radius 2 is 2.07 bits per heavy atom. The first kappa shape index (κ1) is 22.5. The van der Waals surface area contributed by atoms with Crippen molar-refractivity contribution in [3.05, 3.63) is 47.2 Å². The quantitative estimate of drug-likeness (QED) is 0.593. The molecule has 3 rings (SSSR count). The van der Waals surface area contributed by atoms with Crippen molar-refractivity contribution in [2.45, 2.75) is 34.2 Å². The lowest BCUT2D eigenvalue weighted by atomic mass is 10.1. The fraction of sp³-hybridized carbons (Fsp3) is 0.333. The number of aromatic nitrogens is 3. The van der Waals surface area contributed by atoms with Crippen molar-refractivity contribution in [1.82, 2.24) is 14.6 Å². The Bertz CT molecular complexity index is 1070. The molecule has 2 aromatic heterocycles. The van der Waals surface area contributed by atoms with Crippen molar-refractivity contribution in [3.8, 4) is 11.8 Å². The molecule has 0 saturated carbocycles. The van der Waals surface area contributed by atoms with Crippen LogP contribution in [-0.2, 0) is 11.3 Å². The summed E-state index contributed by atoms with van der Waals surface area (Å²) < 4.78 is 6.46. The Morgan fingerprint density at radius 3 is 2.70 bits per heavy atom. The van der Waals surface area contributed by atoms with E-state index in [1.165, 1.54) is 10.6 Å². The molecule has 1 aromatic carbocycles. The number of aromatic hydroxyl groups is 1. The molecular formula is C21H26N6O3. The number of nitrogens with two attached hydrogens (primary N) is 1. The van der Waals surface area contributed by atoms with Crippen molar-refractivity contribution in [3.63, 3.8) is 0 Å². The van der Waals surface area contributed by atoms with Crippen LogP contribution in [0.5, 0.6) is 5.75 Å². The van der Waals surface area contributed by atoms with Gasteiger partial charge in [-0.25, -0.2) is 14.3 Å². The van der Waals surface area contributed by atoms with E-state index in [9.17, 15) is 15.2 Å². The molecule has 0 atom stereocenters. The third kappa shape index (κ3) is 4.43. The van der Waals surface area contributed by atoms with Crippen LogP contribution < -0.4 is 10.6 Å². The normalized spacial score (nSPS) is 10.1. The van der Waals surface area contributed by atoms with Crippen molar-refractivity contribution in [1.29, 1.82) is 5.26 Å². The van der Waals surface area contributed by atoms with Gasteiger partial charge in [0.25, 0.3) is 0 Å². The third-order valence-electron chi connectivity index (χ3n) is 4.30. The molecule has 0 aliphatic heterocycles. The van der Waals surface area contributed by atoms with Gasteiger partial charge >= 0.3 is 5.97 Å². The zero-order valence-electron chi connectivity index (χ0n) is 17.6. The first-order valence-electron chi connectivity index (χ1n) is 9.78. The summed E-state index contributed by atoms with van der Waals surface area (Å²) in [6.45, 7) is 8.67. The predicted octanol–water partition coefficient (Wildman–Crippen LogP) is 3.12. The van der Waals surface area contributed by atoms with Crippen LogP contribution in [-0.4, -0.2) is 38.8 Å². The van der Waals surface area contributed by atoms with Crippen LogP contribution in [0.3, 0.4) is 0 Å². The Kier molecular flexibility index (Phi) is 7.58. The van der Waals surface area contributed by atoms with E-state index in [4.69, 9.17) is 10.5 Å². The Hall–Kier alpha value is -3.80. The maximum Gasteiger partial charge on any atom is 0.345 e. The molecule has 9 heteroatoms. The van der Waals surface area contributed by atoms with Gasteiger partial charge in [0.05, 0.1) is 18.2 Å². The molecule has 2 heterocycles. The zero-order valence-corrected chi connectivity index (χ0v) is 17.6. The highest BCUT2D eigenvalue weighted by atomic mass is 16.5. The minimum absolute atomic E-state index is 0.0404. The lowest BCUT2D eigenvalue weighted by Gasteiger charge is -2.23. The second-order valence-corrected chi connectivity index (χ2v) is 5.96. The van der Waals surface area contributed by atoms with Gasteiger partial charge in [0.2, 0.25) is 0 Å². The van der Waals surface area contributed by atoms with Crippen LogP contribution in [0.1, 0.15) is 49.2 Å². The number of nitrogen functional groups attached to an aromatic ring is 1. The maximum absolute atomic E-state index is 12.2. The highest BCUT2D eigenvalue weighted by molar-refractivity contribution is 6.00. The van der Waals surface area contributed by atoms with Gasteiger partial charge in [-0.15, -0.1) is 5.10 Å². The molecule has 0 aliphatic carbocycles. The van der Waals surface area contributed by atoms with Gasteiger partial charge in [-0.05, 0) is 32.0 Å². The number of hydrogen-bond acceptors (Lipinski definition) is 8. The SMILES string of the molecule is CC.CCOC(=O)c1c(N)nn2ccc(N(CC)Cc3c(O)cccc3C#N)nc12. The first-order valence-corrected chi connectivity index (χ1v) is 9.78. The number of nitrogens with zero attached hydrogens (tertiary/aromatic N) is 5. The number of anilines is 2. The van der Waals surface area contributed by atoms with E-state index in [1.54, 1.807) is 31.3 Å². The molecular weight excluding hydrogens is 384 g/mol. The minimum Gasteiger partial charge on any atom is -0.508 e. The number of carbonyl (C=O) groups excluding carboxylic acids is 1. The van der Waals surface area contributed by atoms with E-state index in [0.717, 1.165) is 0 Å². The van der Waals surface area contributed by atoms with Crippen LogP contribution in [0.2, 0.25) is 0 Å². The molecule has 0 aliphatic rings. The first-order chi connectivity index (χ1) is 14.5. The average Bonchev–Trinajstić information content (AvgIpc) is 3.09. The van der Waals surface area contributed by atoms with Gasteiger partial charge in [-0.1, -0.05) is 19.9 Å². The molecule has 0 unspecified atom stereocenters. The van der Waals surface area contributed by atoms with E-state index >= 15 is 0 Å². The summed E-state index contributed by atoms with van der Waals surface area (Å²) in [5, 5.41) is 23.6. The molecule has 0 saturated heterocycles. The summed E-state index contributed by atoms with van der Waals surface area (Å²) >= 11 is 0. The van der Waals surface area contributed by atoms with Gasteiger partial charge in [-0.2, -0.15) is 5.26 Å². The lowest BCUT2D eigenvalue weighted by molar-refractivity contribution is 0.0529. The summed E-state index contributed by atoms with van der Waals surface area (Å²) in [6.07, 6.45) is 1.65. The van der Waals surface area contributed by atoms with Gasteiger partial charge in [0.1, 0.15) is 17.1 Å². The lowest BCUT2D eigenvalue weighted by Crippen LogP contribution is -2.24. The molecule has 3 N–H and O–H groups in total. The number of fused-ring (bicyclic) bond motifs is 1. The van der Waals surface area contributed by atoms with Gasteiger partial charge in [0.15, 0.2) is 11.5 Å². The Balaban J connectivity index is 0.00000155. The smallest absolute Gasteiger partial charge is 0.345 e. The number of esters is 1. The van der Waals surface area contributed by atoms with Gasteiger partial charge in [-0.3, -0.25) is 0 Å². The molecule has 0 spiro atoms. The van der Waals surface area contributed by atoms with Crippen LogP contribution in [0, 0.1) is 11.3 Å². The second-order valence-electron chi connectivity index (χ2n) is 5.96. The number of benzene rings is 1. The van der Waals surface area contributed by atoms with Crippen molar-refractivity contribution in [2.75, 3.05) is 23.8 Å². The Morgan fingerprint density at radius 1 is 1.33 bits per heavy atom. The van der Waals surface area contributed by atoms with Crippen molar-refractivity contribution in [2.24, 2.45) is 0 Å². The van der Waals surface area contributed by atoms with E-state index in [1.807, 2.05) is 25.7 Å². The van der Waals surface area contributed by atoms with E-state index in [2.05, 4.69) is 16.2 Å². The number of nitriles is 1. The molecule has 3 aromatic rings. The molecule has 0 fully saturated rings. The number of phenols is 1. The summed E-state index contributed by atoms with van der Waals surface area (Å²) in [5.74, 6) is 0.0424. The zero-order chi connectivity index (χ0) is 22.3. The number of hydrogen-bond donors (Lipinski definition) is 2. The minimum atomic E-state index is -0.588.